The normalized spacial score (nSPS) is 26.5. The minimum atomic E-state index is -3.50. The summed E-state index contributed by atoms with van der Waals surface area (Å²) in [7, 11) is -6.66. The second-order valence-electron chi connectivity index (χ2n) is 3.25. The zero-order valence-electron chi connectivity index (χ0n) is 7.64. The molecule has 3 N–H and O–H groups in total. The van der Waals surface area contributed by atoms with E-state index in [1.807, 2.05) is 0 Å². The zero-order valence-corrected chi connectivity index (χ0v) is 9.27. The van der Waals surface area contributed by atoms with Gasteiger partial charge in [-0.3, -0.25) is 0 Å². The summed E-state index contributed by atoms with van der Waals surface area (Å²) in [5.74, 6) is -0.311. The van der Waals surface area contributed by atoms with Crippen molar-refractivity contribution in [3.8, 4) is 0 Å². The van der Waals surface area contributed by atoms with Crippen LogP contribution < -0.4 is 10.5 Å². The summed E-state index contributed by atoms with van der Waals surface area (Å²) in [6, 6.07) is 0. The molecule has 0 saturated carbocycles. The summed E-state index contributed by atoms with van der Waals surface area (Å²) < 4.78 is 47.3. The van der Waals surface area contributed by atoms with Gasteiger partial charge < -0.3 is 5.73 Å². The lowest BCUT2D eigenvalue weighted by Gasteiger charge is -2.09. The number of nitrogens with two attached hydrogens (primary N) is 1. The lowest BCUT2D eigenvalue weighted by Crippen LogP contribution is -2.37. The van der Waals surface area contributed by atoms with Gasteiger partial charge >= 0.3 is 0 Å². The van der Waals surface area contributed by atoms with Gasteiger partial charge in [-0.1, -0.05) is 0 Å². The highest BCUT2D eigenvalue weighted by Gasteiger charge is 2.36. The number of sulfonamides is 1. The number of rotatable bonds is 4. The summed E-state index contributed by atoms with van der Waals surface area (Å²) in [5.41, 5.74) is 5.14. The predicted octanol–water partition coefficient (Wildman–Crippen LogP) is -1.95. The van der Waals surface area contributed by atoms with Gasteiger partial charge in [0.1, 0.15) is 0 Å². The van der Waals surface area contributed by atoms with E-state index in [1.54, 1.807) is 0 Å². The molecule has 1 fully saturated rings. The Morgan fingerprint density at radius 3 is 2.50 bits per heavy atom. The number of nitrogens with one attached hydrogen (secondary N) is 1. The lowest BCUT2D eigenvalue weighted by atomic mass is 10.4. The van der Waals surface area contributed by atoms with E-state index in [0.717, 1.165) is 0 Å². The van der Waals surface area contributed by atoms with Gasteiger partial charge in [0.25, 0.3) is 0 Å². The third-order valence-electron chi connectivity index (χ3n) is 2.08. The van der Waals surface area contributed by atoms with E-state index in [1.165, 1.54) is 0 Å². The molecule has 1 heterocycles. The van der Waals surface area contributed by atoms with Crippen molar-refractivity contribution in [1.29, 1.82) is 0 Å². The van der Waals surface area contributed by atoms with Crippen LogP contribution in [0.25, 0.3) is 0 Å². The minimum Gasteiger partial charge on any atom is -0.329 e. The van der Waals surface area contributed by atoms with E-state index in [0.29, 0.717) is 0 Å². The smallest absolute Gasteiger partial charge is 0.215 e. The first-order chi connectivity index (χ1) is 6.37. The molecule has 0 aromatic carbocycles. The fraction of sp³-hybridized carbons (Fsp3) is 1.00. The maximum absolute atomic E-state index is 11.4. The van der Waals surface area contributed by atoms with Crippen LogP contribution in [0, 0.1) is 0 Å². The summed E-state index contributed by atoms with van der Waals surface area (Å²) in [6.07, 6.45) is 0.183. The number of sulfone groups is 1. The maximum atomic E-state index is 11.4. The largest absolute Gasteiger partial charge is 0.329 e. The molecule has 1 saturated heterocycles. The Labute approximate surface area is 83.8 Å². The van der Waals surface area contributed by atoms with Crippen molar-refractivity contribution in [2.24, 2.45) is 5.73 Å². The molecular formula is C6H14N2O4S2. The minimum absolute atomic E-state index is 0.0405. The van der Waals surface area contributed by atoms with Crippen LogP contribution in [0.5, 0.6) is 0 Å². The molecule has 84 valence electrons. The SMILES string of the molecule is NCCNS(=O)(=O)C1CCS(=O)(=O)C1. The van der Waals surface area contributed by atoms with E-state index < -0.39 is 25.1 Å². The van der Waals surface area contributed by atoms with Gasteiger partial charge in [0.2, 0.25) is 10.0 Å². The van der Waals surface area contributed by atoms with Crippen LogP contribution in [0.4, 0.5) is 0 Å². The molecule has 0 aromatic rings. The van der Waals surface area contributed by atoms with E-state index in [9.17, 15) is 16.8 Å². The summed E-state index contributed by atoms with van der Waals surface area (Å²) in [6.45, 7) is 0.359. The van der Waals surface area contributed by atoms with Crippen LogP contribution >= 0.6 is 0 Å². The van der Waals surface area contributed by atoms with E-state index >= 15 is 0 Å². The van der Waals surface area contributed by atoms with Crippen molar-refractivity contribution >= 4 is 19.9 Å². The van der Waals surface area contributed by atoms with Gasteiger partial charge in [-0.25, -0.2) is 21.6 Å². The van der Waals surface area contributed by atoms with Crippen molar-refractivity contribution in [2.75, 3.05) is 24.6 Å². The molecule has 1 atom stereocenters. The van der Waals surface area contributed by atoms with Crippen molar-refractivity contribution in [2.45, 2.75) is 11.7 Å². The van der Waals surface area contributed by atoms with Gasteiger partial charge in [0.05, 0.1) is 16.8 Å². The monoisotopic (exact) mass is 242 g/mol. The van der Waals surface area contributed by atoms with E-state index in [4.69, 9.17) is 5.73 Å². The molecule has 1 aliphatic heterocycles. The number of hydrogen-bond donors (Lipinski definition) is 2. The predicted molar refractivity (Wildman–Crippen MR) is 53.0 cm³/mol. The molecule has 14 heavy (non-hydrogen) atoms. The van der Waals surface area contributed by atoms with Crippen LogP contribution in [-0.2, 0) is 19.9 Å². The highest BCUT2D eigenvalue weighted by Crippen LogP contribution is 2.17. The first kappa shape index (κ1) is 11.9. The Kier molecular flexibility index (Phi) is 3.51. The highest BCUT2D eigenvalue weighted by molar-refractivity contribution is 7.95. The Hall–Kier alpha value is -0.180. The van der Waals surface area contributed by atoms with Crippen molar-refractivity contribution in [3.05, 3.63) is 0 Å². The van der Waals surface area contributed by atoms with Crippen LogP contribution in [0.3, 0.4) is 0 Å². The van der Waals surface area contributed by atoms with Gasteiger partial charge in [-0.2, -0.15) is 0 Å². The summed E-state index contributed by atoms with van der Waals surface area (Å²) in [4.78, 5) is 0. The first-order valence-electron chi connectivity index (χ1n) is 4.26. The zero-order chi connectivity index (χ0) is 10.8. The van der Waals surface area contributed by atoms with Crippen LogP contribution in [0.15, 0.2) is 0 Å². The molecule has 0 spiro atoms. The highest BCUT2D eigenvalue weighted by atomic mass is 32.2. The second kappa shape index (κ2) is 4.13. The third kappa shape index (κ3) is 2.91. The quantitative estimate of drug-likeness (QED) is 0.596. The van der Waals surface area contributed by atoms with Crippen molar-refractivity contribution < 1.29 is 16.8 Å². The molecular weight excluding hydrogens is 228 g/mol. The third-order valence-corrected chi connectivity index (χ3v) is 5.94. The van der Waals surface area contributed by atoms with Crippen molar-refractivity contribution in [1.82, 2.24) is 4.72 Å². The lowest BCUT2D eigenvalue weighted by molar-refractivity contribution is 0.568. The topological polar surface area (TPSA) is 106 Å². The average Bonchev–Trinajstić information content (AvgIpc) is 2.43. The first-order valence-corrected chi connectivity index (χ1v) is 7.63. The molecule has 6 nitrogen and oxygen atoms in total. The second-order valence-corrected chi connectivity index (χ2v) is 7.53. The molecule has 0 amide bonds. The molecule has 1 unspecified atom stereocenters. The van der Waals surface area contributed by atoms with Gasteiger partial charge in [-0.05, 0) is 6.42 Å². The Morgan fingerprint density at radius 1 is 1.43 bits per heavy atom. The summed E-state index contributed by atoms with van der Waals surface area (Å²) in [5, 5.41) is -0.806. The molecule has 8 heteroatoms. The molecule has 0 bridgehead atoms. The average molecular weight is 242 g/mol. The molecule has 0 aliphatic carbocycles. The number of hydrogen-bond acceptors (Lipinski definition) is 5. The van der Waals surface area contributed by atoms with Crippen LogP contribution in [0.1, 0.15) is 6.42 Å². The molecule has 1 rings (SSSR count). The van der Waals surface area contributed by atoms with E-state index in [-0.39, 0.29) is 31.0 Å². The standard InChI is InChI=1S/C6H14N2O4S2/c7-2-3-8-14(11,12)6-1-4-13(9,10)5-6/h6,8H,1-5,7H2. The van der Waals surface area contributed by atoms with Crippen molar-refractivity contribution in [3.63, 3.8) is 0 Å². The summed E-state index contributed by atoms with van der Waals surface area (Å²) >= 11 is 0. The Bertz CT molecular complexity index is 386. The molecule has 0 aromatic heterocycles. The van der Waals surface area contributed by atoms with Gasteiger partial charge in [-0.15, -0.1) is 0 Å². The Balaban J connectivity index is 2.67. The Morgan fingerprint density at radius 2 is 2.07 bits per heavy atom. The fourth-order valence-corrected chi connectivity index (χ4v) is 5.42. The molecule has 1 aliphatic rings. The van der Waals surface area contributed by atoms with Gasteiger partial charge in [0.15, 0.2) is 9.84 Å². The maximum Gasteiger partial charge on any atom is 0.215 e. The molecule has 0 radical (unpaired) electrons. The van der Waals surface area contributed by atoms with Gasteiger partial charge in [0, 0.05) is 13.1 Å². The van der Waals surface area contributed by atoms with Crippen LogP contribution in [-0.4, -0.2) is 46.7 Å². The fourth-order valence-electron chi connectivity index (χ4n) is 1.32. The van der Waals surface area contributed by atoms with E-state index in [2.05, 4.69) is 4.72 Å². The van der Waals surface area contributed by atoms with Crippen LogP contribution in [0.2, 0.25) is 0 Å².